The summed E-state index contributed by atoms with van der Waals surface area (Å²) in [5, 5.41) is 9.64. The normalized spacial score (nSPS) is 11.0. The first-order valence-corrected chi connectivity index (χ1v) is 12.9. The highest BCUT2D eigenvalue weighted by Crippen LogP contribution is 2.24. The zero-order valence-corrected chi connectivity index (χ0v) is 22.4. The molecule has 0 unspecified atom stereocenters. The van der Waals surface area contributed by atoms with E-state index in [2.05, 4.69) is 26.5 Å². The van der Waals surface area contributed by atoms with Gasteiger partial charge in [0, 0.05) is 32.4 Å². The van der Waals surface area contributed by atoms with Gasteiger partial charge in [-0.15, -0.1) is 0 Å². The van der Waals surface area contributed by atoms with Crippen LogP contribution in [0.5, 0.6) is 5.75 Å². The van der Waals surface area contributed by atoms with Crippen LogP contribution in [0.2, 0.25) is 5.02 Å². The molecule has 4 aromatic carbocycles. The minimum absolute atomic E-state index is 0.313. The molecular formula is C30H22BrClN4O2. The Kier molecular flexibility index (Phi) is 7.97. The van der Waals surface area contributed by atoms with Crippen LogP contribution in [0, 0.1) is 0 Å². The van der Waals surface area contributed by atoms with Gasteiger partial charge in [0.15, 0.2) is 0 Å². The molecule has 1 aromatic heterocycles. The SMILES string of the molecule is O=C(N/N=C\c1cn(-c2ccccc2)nc1-c1ccc(Br)cc1)c1ccc(COc2ccc(Cl)cc2)cc1. The number of aromatic nitrogens is 2. The maximum atomic E-state index is 12.7. The van der Waals surface area contributed by atoms with Crippen molar-refractivity contribution in [3.63, 3.8) is 0 Å². The van der Waals surface area contributed by atoms with E-state index < -0.39 is 0 Å². The predicted octanol–water partition coefficient (Wildman–Crippen LogP) is 7.30. The standard InChI is InChI=1S/C30H22BrClN4O2/c31-25-12-10-22(11-13-25)29-24(19-36(35-29)27-4-2-1-3-5-27)18-33-34-30(37)23-8-6-21(7-9-23)20-38-28-16-14-26(32)15-17-28/h1-19H,20H2,(H,34,37)/b33-18-. The molecule has 38 heavy (non-hydrogen) atoms. The summed E-state index contributed by atoms with van der Waals surface area (Å²) in [7, 11) is 0. The highest BCUT2D eigenvalue weighted by atomic mass is 79.9. The summed E-state index contributed by atoms with van der Waals surface area (Å²) in [6.07, 6.45) is 3.49. The van der Waals surface area contributed by atoms with Crippen LogP contribution in [0.3, 0.4) is 0 Å². The molecule has 1 heterocycles. The number of benzene rings is 4. The van der Waals surface area contributed by atoms with E-state index in [-0.39, 0.29) is 5.91 Å². The molecule has 0 aliphatic heterocycles. The molecule has 5 rings (SSSR count). The van der Waals surface area contributed by atoms with E-state index in [9.17, 15) is 4.79 Å². The topological polar surface area (TPSA) is 68.5 Å². The summed E-state index contributed by atoms with van der Waals surface area (Å²) in [5.74, 6) is 0.413. The first-order valence-electron chi connectivity index (χ1n) is 11.8. The maximum Gasteiger partial charge on any atom is 0.271 e. The lowest BCUT2D eigenvalue weighted by Gasteiger charge is -2.07. The van der Waals surface area contributed by atoms with Gasteiger partial charge in [0.25, 0.3) is 5.91 Å². The zero-order valence-electron chi connectivity index (χ0n) is 20.1. The second-order valence-corrected chi connectivity index (χ2v) is 9.71. The van der Waals surface area contributed by atoms with Gasteiger partial charge < -0.3 is 4.74 Å². The summed E-state index contributed by atoms with van der Waals surface area (Å²) in [5.41, 5.74) is 7.42. The molecule has 0 aliphatic carbocycles. The maximum absolute atomic E-state index is 12.7. The summed E-state index contributed by atoms with van der Waals surface area (Å²) < 4.78 is 8.53. The number of hydrogen-bond acceptors (Lipinski definition) is 4. The zero-order chi connectivity index (χ0) is 26.3. The molecule has 0 saturated heterocycles. The Labute approximate surface area is 233 Å². The minimum atomic E-state index is -0.313. The van der Waals surface area contributed by atoms with Crippen LogP contribution in [-0.4, -0.2) is 21.9 Å². The molecule has 0 radical (unpaired) electrons. The van der Waals surface area contributed by atoms with Gasteiger partial charge in [0.05, 0.1) is 11.9 Å². The Morgan fingerprint density at radius 2 is 1.66 bits per heavy atom. The summed E-state index contributed by atoms with van der Waals surface area (Å²) >= 11 is 9.38. The summed E-state index contributed by atoms with van der Waals surface area (Å²) in [4.78, 5) is 12.7. The average molecular weight is 586 g/mol. The van der Waals surface area contributed by atoms with Gasteiger partial charge in [0.2, 0.25) is 0 Å². The Balaban J connectivity index is 1.27. The minimum Gasteiger partial charge on any atom is -0.489 e. The molecule has 0 bridgehead atoms. The lowest BCUT2D eigenvalue weighted by molar-refractivity contribution is 0.0955. The highest BCUT2D eigenvalue weighted by molar-refractivity contribution is 9.10. The third-order valence-corrected chi connectivity index (χ3v) is 6.47. The number of rotatable bonds is 8. The average Bonchev–Trinajstić information content (AvgIpc) is 3.38. The largest absolute Gasteiger partial charge is 0.489 e. The van der Waals surface area contributed by atoms with Gasteiger partial charge in [-0.05, 0) is 66.2 Å². The summed E-state index contributed by atoms with van der Waals surface area (Å²) in [6, 6.07) is 32.1. The second-order valence-electron chi connectivity index (χ2n) is 8.36. The highest BCUT2D eigenvalue weighted by Gasteiger charge is 2.12. The van der Waals surface area contributed by atoms with E-state index in [0.29, 0.717) is 17.2 Å². The van der Waals surface area contributed by atoms with Gasteiger partial charge in [-0.1, -0.05) is 70.0 Å². The first kappa shape index (κ1) is 25.4. The van der Waals surface area contributed by atoms with E-state index in [1.807, 2.05) is 85.1 Å². The van der Waals surface area contributed by atoms with Crippen molar-refractivity contribution in [1.29, 1.82) is 0 Å². The lowest BCUT2D eigenvalue weighted by atomic mass is 10.1. The van der Waals surface area contributed by atoms with Crippen LogP contribution in [-0.2, 0) is 6.61 Å². The van der Waals surface area contributed by atoms with Crippen LogP contribution >= 0.6 is 27.5 Å². The molecule has 0 saturated carbocycles. The number of amides is 1. The van der Waals surface area contributed by atoms with Crippen molar-refractivity contribution in [1.82, 2.24) is 15.2 Å². The number of para-hydroxylation sites is 1. The number of nitrogens with one attached hydrogen (secondary N) is 1. The van der Waals surface area contributed by atoms with Crippen molar-refractivity contribution in [2.45, 2.75) is 6.61 Å². The molecule has 0 spiro atoms. The van der Waals surface area contributed by atoms with Gasteiger partial charge in [0.1, 0.15) is 18.1 Å². The third-order valence-electron chi connectivity index (χ3n) is 5.69. The van der Waals surface area contributed by atoms with E-state index in [1.165, 1.54) is 0 Å². The van der Waals surface area contributed by atoms with E-state index >= 15 is 0 Å². The number of carbonyl (C=O) groups excluding carboxylic acids is 1. The Bertz CT molecular complexity index is 1550. The quantitative estimate of drug-likeness (QED) is 0.153. The van der Waals surface area contributed by atoms with Crippen LogP contribution in [0.15, 0.2) is 119 Å². The fraction of sp³-hybridized carbons (Fsp3) is 0.0333. The van der Waals surface area contributed by atoms with E-state index in [0.717, 1.165) is 38.3 Å². The number of ether oxygens (including phenoxy) is 1. The molecule has 188 valence electrons. The second kappa shape index (κ2) is 11.9. The van der Waals surface area contributed by atoms with Crippen LogP contribution < -0.4 is 10.2 Å². The number of hydrazone groups is 1. The van der Waals surface area contributed by atoms with Crippen molar-refractivity contribution in [2.75, 3.05) is 0 Å². The molecule has 8 heteroatoms. The number of carbonyl (C=O) groups is 1. The van der Waals surface area contributed by atoms with Gasteiger partial charge in [-0.25, -0.2) is 10.1 Å². The van der Waals surface area contributed by atoms with E-state index in [1.54, 1.807) is 35.2 Å². The fourth-order valence-corrected chi connectivity index (χ4v) is 4.09. The number of nitrogens with zero attached hydrogens (tertiary/aromatic N) is 3. The van der Waals surface area contributed by atoms with Gasteiger partial charge in [-0.3, -0.25) is 4.79 Å². The van der Waals surface area contributed by atoms with Crippen molar-refractivity contribution in [3.05, 3.63) is 136 Å². The van der Waals surface area contributed by atoms with Crippen LogP contribution in [0.25, 0.3) is 16.9 Å². The summed E-state index contributed by atoms with van der Waals surface area (Å²) in [6.45, 7) is 0.381. The molecule has 0 fully saturated rings. The molecule has 0 atom stereocenters. The Hall–Kier alpha value is -4.20. The smallest absolute Gasteiger partial charge is 0.271 e. The Morgan fingerprint density at radius 3 is 2.37 bits per heavy atom. The molecule has 6 nitrogen and oxygen atoms in total. The third kappa shape index (κ3) is 6.37. The molecule has 1 amide bonds. The molecule has 1 N–H and O–H groups in total. The van der Waals surface area contributed by atoms with Crippen LogP contribution in [0.1, 0.15) is 21.5 Å². The van der Waals surface area contributed by atoms with Gasteiger partial charge >= 0.3 is 0 Å². The molecule has 0 aliphatic rings. The van der Waals surface area contributed by atoms with Gasteiger partial charge in [-0.2, -0.15) is 10.2 Å². The van der Waals surface area contributed by atoms with E-state index in [4.69, 9.17) is 21.4 Å². The van der Waals surface area contributed by atoms with Crippen molar-refractivity contribution < 1.29 is 9.53 Å². The predicted molar refractivity (Wildman–Crippen MR) is 154 cm³/mol. The fourth-order valence-electron chi connectivity index (χ4n) is 3.70. The Morgan fingerprint density at radius 1 is 0.947 bits per heavy atom. The molecule has 5 aromatic rings. The van der Waals surface area contributed by atoms with Crippen LogP contribution in [0.4, 0.5) is 0 Å². The first-order chi connectivity index (χ1) is 18.5. The lowest BCUT2D eigenvalue weighted by Crippen LogP contribution is -2.17. The molecular weight excluding hydrogens is 564 g/mol. The monoisotopic (exact) mass is 584 g/mol. The number of halogens is 2. The number of hydrogen-bond donors (Lipinski definition) is 1. The van der Waals surface area contributed by atoms with Crippen molar-refractivity contribution in [2.24, 2.45) is 5.10 Å². The van der Waals surface area contributed by atoms with Crippen molar-refractivity contribution in [3.8, 4) is 22.7 Å². The van der Waals surface area contributed by atoms with Crippen molar-refractivity contribution >= 4 is 39.7 Å².